The number of aliphatic hydroxyl groups is 1. The second-order valence-electron chi connectivity index (χ2n) is 9.15. The summed E-state index contributed by atoms with van der Waals surface area (Å²) in [4.78, 5) is 37.1. The third kappa shape index (κ3) is 4.31. The van der Waals surface area contributed by atoms with Crippen LogP contribution in [0.3, 0.4) is 0 Å². The van der Waals surface area contributed by atoms with Crippen LogP contribution in [0.1, 0.15) is 35.3 Å². The first-order valence-electron chi connectivity index (χ1n) is 11.9. The summed E-state index contributed by atoms with van der Waals surface area (Å²) in [5.74, 6) is -0.505. The number of aromatic nitrogens is 3. The Morgan fingerprint density at radius 2 is 1.91 bits per heavy atom. The highest BCUT2D eigenvalue weighted by atomic mass is 16.3. The number of carbonyl (C=O) groups is 1. The maximum Gasteiger partial charge on any atom is 0.258 e. The van der Waals surface area contributed by atoms with Gasteiger partial charge in [0.05, 0.1) is 12.1 Å². The molecule has 2 aliphatic rings. The Hall–Kier alpha value is -3.62. The third-order valence-corrected chi connectivity index (χ3v) is 7.12. The number of hydrogen-bond donors (Lipinski definition) is 2. The average Bonchev–Trinajstić information content (AvgIpc) is 3.41. The molecular weight excluding hydrogens is 442 g/mol. The Bertz CT molecular complexity index is 1270. The summed E-state index contributed by atoms with van der Waals surface area (Å²) < 4.78 is 1.81. The van der Waals surface area contributed by atoms with Crippen molar-refractivity contribution in [3.63, 3.8) is 0 Å². The van der Waals surface area contributed by atoms with E-state index in [1.165, 1.54) is 6.33 Å². The van der Waals surface area contributed by atoms with Crippen LogP contribution in [-0.4, -0.2) is 43.1 Å². The minimum atomic E-state index is -0.544. The number of fused-ring (bicyclic) bond motifs is 3. The Morgan fingerprint density at radius 1 is 1.14 bits per heavy atom. The molecule has 0 spiro atoms. The van der Waals surface area contributed by atoms with Gasteiger partial charge in [0.2, 0.25) is 5.91 Å². The van der Waals surface area contributed by atoms with Crippen molar-refractivity contribution in [3.8, 4) is 0 Å². The topological polar surface area (TPSA) is 100 Å². The fraction of sp³-hybridized carbons (Fsp3) is 0.333. The largest absolute Gasteiger partial charge is 0.396 e. The van der Waals surface area contributed by atoms with E-state index in [2.05, 4.69) is 20.2 Å². The Morgan fingerprint density at radius 3 is 2.63 bits per heavy atom. The molecule has 2 N–H and O–H groups in total. The van der Waals surface area contributed by atoms with Gasteiger partial charge in [-0.15, -0.1) is 0 Å². The fourth-order valence-corrected chi connectivity index (χ4v) is 5.62. The van der Waals surface area contributed by atoms with Crippen LogP contribution in [0.25, 0.3) is 6.08 Å². The maximum atomic E-state index is 13.6. The second kappa shape index (κ2) is 9.93. The van der Waals surface area contributed by atoms with Crippen LogP contribution in [0.15, 0.2) is 72.1 Å². The van der Waals surface area contributed by atoms with E-state index in [0.29, 0.717) is 25.2 Å². The summed E-state index contributed by atoms with van der Waals surface area (Å²) in [6.45, 7) is 3.06. The van der Waals surface area contributed by atoms with Crippen molar-refractivity contribution in [1.82, 2.24) is 24.8 Å². The Balaban J connectivity index is 1.51. The Labute approximate surface area is 204 Å². The van der Waals surface area contributed by atoms with Gasteiger partial charge in [-0.25, -0.2) is 9.97 Å². The molecule has 8 heteroatoms. The summed E-state index contributed by atoms with van der Waals surface area (Å²) in [7, 11) is 0. The van der Waals surface area contributed by atoms with Gasteiger partial charge < -0.3 is 15.0 Å². The lowest BCUT2D eigenvalue weighted by molar-refractivity contribution is -0.128. The van der Waals surface area contributed by atoms with Gasteiger partial charge in [-0.2, -0.15) is 0 Å². The van der Waals surface area contributed by atoms with Gasteiger partial charge in [0.25, 0.3) is 5.56 Å². The smallest absolute Gasteiger partial charge is 0.258 e. The minimum Gasteiger partial charge on any atom is -0.396 e. The highest BCUT2D eigenvalue weighted by Crippen LogP contribution is 2.49. The predicted octanol–water partition coefficient (Wildman–Crippen LogP) is 2.15. The number of nitrogens with one attached hydrogen (secondary N) is 1. The van der Waals surface area contributed by atoms with E-state index in [1.807, 2.05) is 61.5 Å². The number of carbonyl (C=O) groups excluding carboxylic acids is 1. The van der Waals surface area contributed by atoms with Gasteiger partial charge in [0, 0.05) is 67.3 Å². The molecule has 1 aromatic carbocycles. The van der Waals surface area contributed by atoms with E-state index >= 15 is 0 Å². The van der Waals surface area contributed by atoms with Crippen molar-refractivity contribution >= 4 is 12.0 Å². The van der Waals surface area contributed by atoms with E-state index in [4.69, 9.17) is 0 Å². The van der Waals surface area contributed by atoms with Crippen LogP contribution in [0.2, 0.25) is 0 Å². The maximum absolute atomic E-state index is 13.6. The normalized spacial score (nSPS) is 23.4. The molecule has 4 heterocycles. The fourth-order valence-electron chi connectivity index (χ4n) is 5.62. The zero-order valence-electron chi connectivity index (χ0n) is 19.6. The van der Waals surface area contributed by atoms with Gasteiger partial charge in [0.1, 0.15) is 6.33 Å². The molecule has 0 saturated carbocycles. The second-order valence-corrected chi connectivity index (χ2v) is 9.15. The molecule has 1 fully saturated rings. The van der Waals surface area contributed by atoms with E-state index in [-0.39, 0.29) is 36.0 Å². The van der Waals surface area contributed by atoms with Gasteiger partial charge in [-0.05, 0) is 24.6 Å². The van der Waals surface area contributed by atoms with Crippen LogP contribution < -0.4 is 10.9 Å². The molecule has 180 valence electrons. The van der Waals surface area contributed by atoms with Gasteiger partial charge in [-0.3, -0.25) is 14.5 Å². The van der Waals surface area contributed by atoms with Gasteiger partial charge in [0.15, 0.2) is 0 Å². The molecule has 0 unspecified atom stereocenters. The average molecular weight is 472 g/mol. The van der Waals surface area contributed by atoms with Crippen molar-refractivity contribution in [3.05, 3.63) is 100.0 Å². The summed E-state index contributed by atoms with van der Waals surface area (Å²) >= 11 is 0. The highest BCUT2D eigenvalue weighted by molar-refractivity contribution is 5.82. The molecule has 35 heavy (non-hydrogen) atoms. The molecule has 0 bridgehead atoms. The molecule has 2 aromatic heterocycles. The third-order valence-electron chi connectivity index (χ3n) is 7.12. The zero-order chi connectivity index (χ0) is 24.4. The SMILES string of the molecule is C/C=C/c1ccc2n(c1=O)C[C@H]1[C@H](CO)[C@@H](C(=O)NCc3ccccc3)N(Cc3cncnc3)[C@@H]21. The van der Waals surface area contributed by atoms with Crippen LogP contribution in [0.4, 0.5) is 0 Å². The van der Waals surface area contributed by atoms with Crippen LogP contribution >= 0.6 is 0 Å². The predicted molar refractivity (Wildman–Crippen MR) is 132 cm³/mol. The number of rotatable bonds is 7. The number of pyridine rings is 1. The van der Waals surface area contributed by atoms with E-state index in [9.17, 15) is 14.7 Å². The first-order chi connectivity index (χ1) is 17.1. The van der Waals surface area contributed by atoms with Crippen molar-refractivity contribution < 1.29 is 9.90 Å². The van der Waals surface area contributed by atoms with E-state index in [1.54, 1.807) is 17.0 Å². The first kappa shape index (κ1) is 23.1. The summed E-state index contributed by atoms with van der Waals surface area (Å²) in [5, 5.41) is 13.5. The van der Waals surface area contributed by atoms with Crippen LogP contribution in [0, 0.1) is 11.8 Å². The standard InChI is InChI=1S/C27H29N5O3/c1-2-6-20-9-10-23-24-21(15-31(23)27(20)35)22(16-33)25(32(24)14-19-11-28-17-29-12-19)26(34)30-13-18-7-4-3-5-8-18/h2-12,17,21-22,24-25,33H,13-16H2,1H3,(H,30,34)/b6-2+/t21-,22-,24+,25-/m0/s1. The number of likely N-dealkylation sites (tertiary alicyclic amines) is 1. The molecule has 2 aliphatic heterocycles. The summed E-state index contributed by atoms with van der Waals surface area (Å²) in [6.07, 6.45) is 8.62. The number of amides is 1. The first-order valence-corrected chi connectivity index (χ1v) is 11.9. The molecule has 1 saturated heterocycles. The lowest BCUT2D eigenvalue weighted by Gasteiger charge is -2.30. The summed E-state index contributed by atoms with van der Waals surface area (Å²) in [6, 6.07) is 12.9. The van der Waals surface area contributed by atoms with Crippen molar-refractivity contribution in [1.29, 1.82) is 0 Å². The monoisotopic (exact) mass is 471 g/mol. The lowest BCUT2D eigenvalue weighted by Crippen LogP contribution is -2.47. The number of benzene rings is 1. The molecule has 4 atom stereocenters. The molecule has 8 nitrogen and oxygen atoms in total. The van der Waals surface area contributed by atoms with Crippen LogP contribution in [-0.2, 0) is 24.4 Å². The molecule has 1 amide bonds. The molecule has 5 rings (SSSR count). The highest BCUT2D eigenvalue weighted by Gasteiger charge is 2.55. The molecule has 3 aromatic rings. The lowest BCUT2D eigenvalue weighted by atomic mass is 9.88. The zero-order valence-corrected chi connectivity index (χ0v) is 19.6. The number of nitrogens with zero attached hydrogens (tertiary/aromatic N) is 4. The number of hydrogen-bond acceptors (Lipinski definition) is 6. The number of allylic oxidation sites excluding steroid dienone is 1. The van der Waals surface area contributed by atoms with Crippen LogP contribution in [0.5, 0.6) is 0 Å². The molecular formula is C27H29N5O3. The van der Waals surface area contributed by atoms with Crippen molar-refractivity contribution in [2.75, 3.05) is 6.61 Å². The number of aliphatic hydroxyl groups excluding tert-OH is 1. The van der Waals surface area contributed by atoms with Crippen molar-refractivity contribution in [2.24, 2.45) is 11.8 Å². The quantitative estimate of drug-likeness (QED) is 0.548. The summed E-state index contributed by atoms with van der Waals surface area (Å²) in [5.41, 5.74) is 3.35. The van der Waals surface area contributed by atoms with Crippen molar-refractivity contribution in [2.45, 2.75) is 38.6 Å². The minimum absolute atomic E-state index is 0.0419. The Kier molecular flexibility index (Phi) is 6.57. The van der Waals surface area contributed by atoms with Gasteiger partial charge in [-0.1, -0.05) is 42.5 Å². The van der Waals surface area contributed by atoms with E-state index < -0.39 is 6.04 Å². The molecule has 0 radical (unpaired) electrons. The molecule has 0 aliphatic carbocycles. The van der Waals surface area contributed by atoms with E-state index in [0.717, 1.165) is 16.8 Å². The van der Waals surface area contributed by atoms with Gasteiger partial charge >= 0.3 is 0 Å².